The van der Waals surface area contributed by atoms with E-state index in [1.165, 1.54) is 6.33 Å². The SMILES string of the molecule is CC(C)(CC1C(O)[C@@H](CO)O[C@H]1n1cnc2c(N)nc(N)nc21)[Si](C)(C)O. The van der Waals surface area contributed by atoms with Gasteiger partial charge in [0.2, 0.25) is 5.95 Å². The lowest BCUT2D eigenvalue weighted by Crippen LogP contribution is -2.42. The van der Waals surface area contributed by atoms with Gasteiger partial charge in [-0.1, -0.05) is 13.8 Å². The Bertz CT molecular complexity index is 836. The molecule has 0 aliphatic carbocycles. The van der Waals surface area contributed by atoms with Crippen molar-refractivity contribution in [2.75, 3.05) is 18.1 Å². The van der Waals surface area contributed by atoms with Gasteiger partial charge in [-0.25, -0.2) is 4.98 Å². The molecule has 2 aromatic rings. The Morgan fingerprint density at radius 2 is 1.96 bits per heavy atom. The topological polar surface area (TPSA) is 166 Å². The highest BCUT2D eigenvalue weighted by molar-refractivity contribution is 6.72. The molecule has 10 nitrogen and oxygen atoms in total. The Morgan fingerprint density at radius 3 is 2.56 bits per heavy atom. The zero-order valence-electron chi connectivity index (χ0n) is 16.0. The molecule has 1 saturated heterocycles. The number of hydrogen-bond donors (Lipinski definition) is 5. The molecular weight excluding hydrogens is 368 g/mol. The van der Waals surface area contributed by atoms with E-state index in [-0.39, 0.29) is 24.3 Å². The first kappa shape index (κ1) is 20.0. The molecule has 2 aromatic heterocycles. The number of nitrogens with two attached hydrogens (primary N) is 2. The zero-order valence-corrected chi connectivity index (χ0v) is 17.0. The fraction of sp³-hybridized carbons (Fsp3) is 0.688. The fourth-order valence-corrected chi connectivity index (χ4v) is 4.17. The van der Waals surface area contributed by atoms with Crippen molar-refractivity contribution in [3.63, 3.8) is 0 Å². The van der Waals surface area contributed by atoms with E-state index in [0.29, 0.717) is 17.6 Å². The molecule has 0 amide bonds. The van der Waals surface area contributed by atoms with Gasteiger partial charge in [-0.2, -0.15) is 9.97 Å². The summed E-state index contributed by atoms with van der Waals surface area (Å²) in [5, 5.41) is 20.0. The Kier molecular flexibility index (Phi) is 4.93. The van der Waals surface area contributed by atoms with Gasteiger partial charge in [-0.05, 0) is 24.6 Å². The number of rotatable bonds is 5. The van der Waals surface area contributed by atoms with Crippen LogP contribution in [0.5, 0.6) is 0 Å². The number of aliphatic hydroxyl groups excluding tert-OH is 2. The summed E-state index contributed by atoms with van der Waals surface area (Å²) in [4.78, 5) is 23.1. The Labute approximate surface area is 158 Å². The van der Waals surface area contributed by atoms with Crippen LogP contribution < -0.4 is 11.5 Å². The summed E-state index contributed by atoms with van der Waals surface area (Å²) in [5.74, 6) is -0.208. The summed E-state index contributed by atoms with van der Waals surface area (Å²) in [5.41, 5.74) is 12.4. The summed E-state index contributed by atoms with van der Waals surface area (Å²) >= 11 is 0. The van der Waals surface area contributed by atoms with Gasteiger partial charge in [0.25, 0.3) is 0 Å². The molecule has 3 heterocycles. The van der Waals surface area contributed by atoms with E-state index in [4.69, 9.17) is 16.2 Å². The zero-order chi connectivity index (χ0) is 20.1. The molecule has 7 N–H and O–H groups in total. The van der Waals surface area contributed by atoms with E-state index in [1.807, 2.05) is 26.9 Å². The van der Waals surface area contributed by atoms with Gasteiger partial charge in [-0.15, -0.1) is 0 Å². The molecule has 0 saturated carbocycles. The summed E-state index contributed by atoms with van der Waals surface area (Å²) < 4.78 is 7.60. The van der Waals surface area contributed by atoms with Crippen molar-refractivity contribution in [2.45, 2.75) is 56.8 Å². The van der Waals surface area contributed by atoms with Crippen LogP contribution in [0.4, 0.5) is 11.8 Å². The van der Waals surface area contributed by atoms with Crippen molar-refractivity contribution in [1.29, 1.82) is 0 Å². The van der Waals surface area contributed by atoms with E-state index in [0.717, 1.165) is 0 Å². The van der Waals surface area contributed by atoms with Crippen molar-refractivity contribution in [3.8, 4) is 0 Å². The smallest absolute Gasteiger partial charge is 0.224 e. The molecule has 1 fully saturated rings. The number of aromatic nitrogens is 4. The molecule has 0 bridgehead atoms. The molecule has 27 heavy (non-hydrogen) atoms. The number of aliphatic hydroxyl groups is 2. The predicted molar refractivity (Wildman–Crippen MR) is 103 cm³/mol. The second-order valence-electron chi connectivity index (χ2n) is 8.34. The molecule has 1 aliphatic rings. The minimum atomic E-state index is -2.52. The van der Waals surface area contributed by atoms with Crippen LogP contribution in [0, 0.1) is 5.92 Å². The summed E-state index contributed by atoms with van der Waals surface area (Å²) in [7, 11) is -2.52. The summed E-state index contributed by atoms with van der Waals surface area (Å²) in [6.45, 7) is 7.39. The van der Waals surface area contributed by atoms with Gasteiger partial charge >= 0.3 is 0 Å². The predicted octanol–water partition coefficient (Wildman–Crippen LogP) is 0.225. The Balaban J connectivity index is 2.04. The number of imidazole rings is 1. The highest BCUT2D eigenvalue weighted by atomic mass is 28.4. The molecule has 3 rings (SSSR count). The van der Waals surface area contributed by atoms with Gasteiger partial charge in [0.15, 0.2) is 19.8 Å². The minimum Gasteiger partial charge on any atom is -0.432 e. The van der Waals surface area contributed by atoms with Crippen LogP contribution in [0.2, 0.25) is 18.1 Å². The third kappa shape index (κ3) is 3.41. The summed E-state index contributed by atoms with van der Waals surface area (Å²) in [6.07, 6.45) is -0.251. The first-order chi connectivity index (χ1) is 12.5. The highest BCUT2D eigenvalue weighted by Crippen LogP contribution is 2.48. The van der Waals surface area contributed by atoms with Crippen LogP contribution >= 0.6 is 0 Å². The van der Waals surface area contributed by atoms with Crippen molar-refractivity contribution in [1.82, 2.24) is 19.5 Å². The van der Waals surface area contributed by atoms with Crippen molar-refractivity contribution in [3.05, 3.63) is 6.33 Å². The lowest BCUT2D eigenvalue weighted by Gasteiger charge is -2.38. The molecule has 1 aliphatic heterocycles. The average Bonchev–Trinajstić information content (AvgIpc) is 3.08. The first-order valence-corrected chi connectivity index (χ1v) is 11.8. The van der Waals surface area contributed by atoms with E-state index in [1.54, 1.807) is 4.57 Å². The molecule has 0 aromatic carbocycles. The molecular formula is C16H28N6O4Si. The van der Waals surface area contributed by atoms with Gasteiger partial charge in [-0.3, -0.25) is 4.57 Å². The van der Waals surface area contributed by atoms with Gasteiger partial charge in [0, 0.05) is 5.92 Å². The van der Waals surface area contributed by atoms with Crippen molar-refractivity contribution < 1.29 is 19.7 Å². The number of nitrogen functional groups attached to an aromatic ring is 2. The highest BCUT2D eigenvalue weighted by Gasteiger charge is 2.50. The number of fused-ring (bicyclic) bond motifs is 1. The maximum absolute atomic E-state index is 10.8. The maximum atomic E-state index is 10.8. The molecule has 150 valence electrons. The third-order valence-corrected chi connectivity index (χ3v) is 9.34. The molecule has 11 heteroatoms. The average molecular weight is 397 g/mol. The second-order valence-corrected chi connectivity index (χ2v) is 12.8. The summed E-state index contributed by atoms with van der Waals surface area (Å²) in [6, 6.07) is 0. The normalized spacial score (nSPS) is 26.8. The van der Waals surface area contributed by atoms with Crippen molar-refractivity contribution in [2.24, 2.45) is 5.92 Å². The fourth-order valence-electron chi connectivity index (χ4n) is 3.43. The quantitative estimate of drug-likeness (QED) is 0.444. The van der Waals surface area contributed by atoms with Crippen LogP contribution in [0.15, 0.2) is 6.33 Å². The van der Waals surface area contributed by atoms with Crippen LogP contribution in [0.1, 0.15) is 26.5 Å². The Morgan fingerprint density at radius 1 is 1.30 bits per heavy atom. The van der Waals surface area contributed by atoms with E-state index in [2.05, 4.69) is 15.0 Å². The number of hydrogen-bond acceptors (Lipinski definition) is 9. The molecule has 4 atom stereocenters. The molecule has 0 spiro atoms. The molecule has 0 radical (unpaired) electrons. The monoisotopic (exact) mass is 396 g/mol. The number of nitrogens with zero attached hydrogens (tertiary/aromatic N) is 4. The maximum Gasteiger partial charge on any atom is 0.224 e. The van der Waals surface area contributed by atoms with E-state index < -0.39 is 31.8 Å². The first-order valence-electron chi connectivity index (χ1n) is 8.88. The largest absolute Gasteiger partial charge is 0.432 e. The number of ether oxygens (including phenoxy) is 1. The van der Waals surface area contributed by atoms with Gasteiger partial charge in [0.1, 0.15) is 17.8 Å². The second kappa shape index (κ2) is 6.67. The Hall–Kier alpha value is -1.79. The van der Waals surface area contributed by atoms with Crippen LogP contribution in [0.3, 0.4) is 0 Å². The number of anilines is 2. The molecule has 2 unspecified atom stereocenters. The van der Waals surface area contributed by atoms with Crippen LogP contribution in [-0.2, 0) is 4.74 Å². The van der Waals surface area contributed by atoms with E-state index in [9.17, 15) is 15.0 Å². The van der Waals surface area contributed by atoms with Gasteiger partial charge < -0.3 is 31.2 Å². The van der Waals surface area contributed by atoms with Gasteiger partial charge in [0.05, 0.1) is 19.0 Å². The van der Waals surface area contributed by atoms with Crippen LogP contribution in [0.25, 0.3) is 11.2 Å². The standard InChI is InChI=1S/C16H28N6O4Si/c1-16(2,27(3,4)25)5-8-11(24)9(6-23)26-14(8)22-7-19-10-12(17)20-15(18)21-13(10)22/h7-9,11,14,23-25H,5-6H2,1-4H3,(H4,17,18,20,21)/t8?,9-,11?,14-/m1/s1. The third-order valence-electron chi connectivity index (χ3n) is 5.82. The lowest BCUT2D eigenvalue weighted by molar-refractivity contribution is -0.0454. The van der Waals surface area contributed by atoms with Crippen molar-refractivity contribution >= 4 is 31.2 Å². The van der Waals surface area contributed by atoms with E-state index >= 15 is 0 Å². The van der Waals surface area contributed by atoms with Crippen LogP contribution in [-0.4, -0.2) is 61.7 Å². The lowest BCUT2D eigenvalue weighted by atomic mass is 9.89. The minimum absolute atomic E-state index is 0.0137.